The lowest BCUT2D eigenvalue weighted by Crippen LogP contribution is -2.29. The topological polar surface area (TPSA) is 55.3 Å². The van der Waals surface area contributed by atoms with Gasteiger partial charge in [-0.3, -0.25) is 4.79 Å². The lowest BCUT2D eigenvalue weighted by atomic mass is 10.0. The van der Waals surface area contributed by atoms with Gasteiger partial charge in [-0.1, -0.05) is 29.8 Å². The molecule has 0 spiro atoms. The molecular weight excluding hydrogens is 374 g/mol. The van der Waals surface area contributed by atoms with Gasteiger partial charge < -0.3 is 9.64 Å². The van der Waals surface area contributed by atoms with E-state index in [1.807, 2.05) is 48.6 Å². The van der Waals surface area contributed by atoms with Gasteiger partial charge in [-0.25, -0.2) is 9.97 Å². The highest BCUT2D eigenvalue weighted by Gasteiger charge is 2.19. The summed E-state index contributed by atoms with van der Waals surface area (Å²) in [5, 5.41) is 0.597. The number of methoxy groups -OCH3 is 1. The number of anilines is 1. The summed E-state index contributed by atoms with van der Waals surface area (Å²) in [5.74, 6) is 0.510. The minimum absolute atomic E-state index is 0.0480. The van der Waals surface area contributed by atoms with Crippen molar-refractivity contribution >= 4 is 35.3 Å². The maximum absolute atomic E-state index is 12.3. The molecule has 0 unspecified atom stereocenters. The lowest BCUT2D eigenvalue weighted by Gasteiger charge is -2.26. The molecule has 0 N–H and O–H groups in total. The first kappa shape index (κ1) is 18.2. The normalized spacial score (nSPS) is 12.6. The average Bonchev–Trinajstić information content (AvgIpc) is 2.70. The number of carbonyl (C=O) groups excluding carboxylic acids is 1. The van der Waals surface area contributed by atoms with Crippen LogP contribution in [0.1, 0.15) is 23.7 Å². The van der Waals surface area contributed by atoms with Gasteiger partial charge >= 0.3 is 0 Å². The zero-order chi connectivity index (χ0) is 19.7. The van der Waals surface area contributed by atoms with Gasteiger partial charge in [-0.2, -0.15) is 0 Å². The molecule has 3 aromatic rings. The number of nitrogens with zero attached hydrogens (tertiary/aromatic N) is 3. The van der Waals surface area contributed by atoms with Crippen LogP contribution in [0, 0.1) is 0 Å². The Morgan fingerprint density at radius 2 is 2.00 bits per heavy atom. The average molecular weight is 392 g/mol. The summed E-state index contributed by atoms with van der Waals surface area (Å²) in [7, 11) is 1.59. The molecule has 28 heavy (non-hydrogen) atoms. The molecule has 6 heteroatoms. The van der Waals surface area contributed by atoms with Gasteiger partial charge in [0.05, 0.1) is 30.7 Å². The van der Waals surface area contributed by atoms with Crippen LogP contribution in [0.3, 0.4) is 0 Å². The number of rotatable bonds is 2. The van der Waals surface area contributed by atoms with Crippen LogP contribution in [-0.4, -0.2) is 23.0 Å². The van der Waals surface area contributed by atoms with E-state index in [1.165, 1.54) is 0 Å². The standard InChI is InChI=1S/C22H18ClN3O2/c1-14(27)26-13-17-5-9-19(16-6-10-22(28-2)24-12-16)25-20(17)8-4-15-3-7-18(23)11-21(15)26/h3-12H,13H2,1-2H3. The van der Waals surface area contributed by atoms with Crippen molar-refractivity contribution in [2.45, 2.75) is 13.5 Å². The van der Waals surface area contributed by atoms with Crippen LogP contribution in [0.15, 0.2) is 48.7 Å². The van der Waals surface area contributed by atoms with Gasteiger partial charge in [-0.15, -0.1) is 0 Å². The molecule has 3 heterocycles. The molecule has 0 bridgehead atoms. The lowest BCUT2D eigenvalue weighted by molar-refractivity contribution is -0.116. The van der Waals surface area contributed by atoms with Crippen molar-refractivity contribution in [3.05, 3.63) is 70.5 Å². The summed E-state index contributed by atoms with van der Waals surface area (Å²) >= 11 is 6.16. The van der Waals surface area contributed by atoms with Crippen molar-refractivity contribution in [1.29, 1.82) is 0 Å². The van der Waals surface area contributed by atoms with Crippen LogP contribution in [0.25, 0.3) is 23.4 Å². The Morgan fingerprint density at radius 1 is 1.14 bits per heavy atom. The highest BCUT2D eigenvalue weighted by atomic mass is 35.5. The molecule has 1 aliphatic heterocycles. The molecule has 4 rings (SSSR count). The third kappa shape index (κ3) is 3.49. The van der Waals surface area contributed by atoms with Crippen molar-refractivity contribution in [3.63, 3.8) is 0 Å². The number of hydrogen-bond donors (Lipinski definition) is 0. The van der Waals surface area contributed by atoms with E-state index in [-0.39, 0.29) is 5.91 Å². The van der Waals surface area contributed by atoms with Crippen molar-refractivity contribution in [1.82, 2.24) is 9.97 Å². The molecule has 1 aromatic carbocycles. The molecule has 0 aliphatic carbocycles. The largest absolute Gasteiger partial charge is 0.481 e. The predicted molar refractivity (Wildman–Crippen MR) is 111 cm³/mol. The van der Waals surface area contributed by atoms with Crippen LogP contribution in [-0.2, 0) is 11.3 Å². The number of hydrogen-bond acceptors (Lipinski definition) is 4. The van der Waals surface area contributed by atoms with Gasteiger partial charge in [0.2, 0.25) is 11.8 Å². The summed E-state index contributed by atoms with van der Waals surface area (Å²) in [6.45, 7) is 1.98. The van der Waals surface area contributed by atoms with Crippen LogP contribution in [0.5, 0.6) is 5.88 Å². The Bertz CT molecular complexity index is 1080. The third-order valence-electron chi connectivity index (χ3n) is 4.67. The predicted octanol–water partition coefficient (Wildman–Crippen LogP) is 4.84. The fourth-order valence-corrected chi connectivity index (χ4v) is 3.36. The Labute approximate surface area is 168 Å². The number of pyridine rings is 2. The van der Waals surface area contributed by atoms with Gasteiger partial charge in [0.1, 0.15) is 0 Å². The van der Waals surface area contributed by atoms with Gasteiger partial charge in [-0.05, 0) is 41.5 Å². The van der Waals surface area contributed by atoms with Crippen molar-refractivity contribution in [2.75, 3.05) is 12.0 Å². The smallest absolute Gasteiger partial charge is 0.224 e. The zero-order valence-electron chi connectivity index (χ0n) is 15.5. The molecule has 0 fully saturated rings. The summed E-state index contributed by atoms with van der Waals surface area (Å²) in [6, 6.07) is 13.2. The van der Waals surface area contributed by atoms with E-state index in [2.05, 4.69) is 4.98 Å². The van der Waals surface area contributed by atoms with Crippen molar-refractivity contribution in [3.8, 4) is 17.1 Å². The minimum Gasteiger partial charge on any atom is -0.481 e. The molecule has 0 saturated heterocycles. The highest BCUT2D eigenvalue weighted by molar-refractivity contribution is 6.31. The number of aromatic nitrogens is 2. The first-order chi connectivity index (χ1) is 13.5. The summed E-state index contributed by atoms with van der Waals surface area (Å²) in [5.41, 5.74) is 5.20. The quantitative estimate of drug-likeness (QED) is 0.627. The molecular formula is C22H18ClN3O2. The van der Waals surface area contributed by atoms with E-state index in [0.717, 1.165) is 33.8 Å². The Hall–Kier alpha value is -3.18. The monoisotopic (exact) mass is 391 g/mol. The van der Waals surface area contributed by atoms with Crippen LogP contribution in [0.2, 0.25) is 5.02 Å². The first-order valence-corrected chi connectivity index (χ1v) is 9.19. The molecule has 0 radical (unpaired) electrons. The van der Waals surface area contributed by atoms with Gasteiger partial charge in [0.25, 0.3) is 0 Å². The van der Waals surface area contributed by atoms with E-state index in [0.29, 0.717) is 17.4 Å². The number of carbonyl (C=O) groups is 1. The second kappa shape index (κ2) is 7.44. The van der Waals surface area contributed by atoms with E-state index in [1.54, 1.807) is 31.2 Å². The molecule has 0 saturated carbocycles. The SMILES string of the molecule is COc1ccc(-c2ccc3c(n2)C=Cc2ccc(Cl)cc2N(C(C)=O)C3)cn1. The molecule has 1 amide bonds. The second-order valence-electron chi connectivity index (χ2n) is 6.47. The van der Waals surface area contributed by atoms with E-state index >= 15 is 0 Å². The molecule has 1 aliphatic rings. The van der Waals surface area contributed by atoms with E-state index in [4.69, 9.17) is 21.3 Å². The summed E-state index contributed by atoms with van der Waals surface area (Å²) in [6.07, 6.45) is 5.67. The number of fused-ring (bicyclic) bond motifs is 2. The van der Waals surface area contributed by atoms with E-state index in [9.17, 15) is 4.79 Å². The molecule has 140 valence electrons. The Balaban J connectivity index is 1.79. The van der Waals surface area contributed by atoms with Gasteiger partial charge in [0.15, 0.2) is 0 Å². The Kier molecular flexibility index (Phi) is 4.84. The zero-order valence-corrected chi connectivity index (χ0v) is 16.3. The number of ether oxygens (including phenoxy) is 1. The highest BCUT2D eigenvalue weighted by Crippen LogP contribution is 2.31. The maximum Gasteiger partial charge on any atom is 0.224 e. The Morgan fingerprint density at radius 3 is 2.71 bits per heavy atom. The minimum atomic E-state index is -0.0480. The van der Waals surface area contributed by atoms with Crippen LogP contribution >= 0.6 is 11.6 Å². The molecule has 0 atom stereocenters. The second-order valence-corrected chi connectivity index (χ2v) is 6.91. The number of halogens is 1. The van der Waals surface area contributed by atoms with E-state index < -0.39 is 0 Å². The first-order valence-electron chi connectivity index (χ1n) is 8.81. The third-order valence-corrected chi connectivity index (χ3v) is 4.90. The van der Waals surface area contributed by atoms with Crippen molar-refractivity contribution < 1.29 is 9.53 Å². The summed E-state index contributed by atoms with van der Waals surface area (Å²) < 4.78 is 5.11. The maximum atomic E-state index is 12.3. The molecule has 2 aromatic heterocycles. The number of benzene rings is 1. The molecule has 5 nitrogen and oxygen atoms in total. The fourth-order valence-electron chi connectivity index (χ4n) is 3.19. The fraction of sp³-hybridized carbons (Fsp3) is 0.136. The van der Waals surface area contributed by atoms with Gasteiger partial charge in [0, 0.05) is 29.8 Å². The van der Waals surface area contributed by atoms with Crippen LogP contribution in [0.4, 0.5) is 5.69 Å². The summed E-state index contributed by atoms with van der Waals surface area (Å²) in [4.78, 5) is 23.1. The van der Waals surface area contributed by atoms with Crippen molar-refractivity contribution in [2.24, 2.45) is 0 Å². The number of amides is 1. The van der Waals surface area contributed by atoms with Crippen LogP contribution < -0.4 is 9.64 Å².